The summed E-state index contributed by atoms with van der Waals surface area (Å²) in [5, 5.41) is 9.39. The molecule has 1 fully saturated rings. The number of ether oxygens (including phenoxy) is 1. The van der Waals surface area contributed by atoms with Gasteiger partial charge in [0.15, 0.2) is 0 Å². The Bertz CT molecular complexity index is 262. The molecule has 0 aromatic heterocycles. The number of carbonyl (C=O) groups excluding carboxylic acids is 1. The molecular weight excluding hydrogens is 238 g/mol. The molecule has 0 radical (unpaired) electrons. The van der Waals surface area contributed by atoms with Gasteiger partial charge in [0.1, 0.15) is 5.54 Å². The van der Waals surface area contributed by atoms with Gasteiger partial charge in [0.25, 0.3) is 0 Å². The van der Waals surface area contributed by atoms with Crippen LogP contribution >= 0.6 is 11.8 Å². The highest BCUT2D eigenvalue weighted by Crippen LogP contribution is 2.35. The van der Waals surface area contributed by atoms with Gasteiger partial charge in [0.05, 0.1) is 7.11 Å². The topological polar surface area (TPSA) is 72.5 Å². The normalized spacial score (nSPS) is 30.9. The van der Waals surface area contributed by atoms with Crippen LogP contribution < -0.4 is 5.73 Å². The molecule has 1 saturated carbocycles. The molecule has 0 bridgehead atoms. The number of aliphatic hydroxyl groups excluding tert-OH is 1. The van der Waals surface area contributed by atoms with Crippen LogP contribution in [-0.4, -0.2) is 41.3 Å². The summed E-state index contributed by atoms with van der Waals surface area (Å²) in [4.78, 5) is 11.6. The van der Waals surface area contributed by atoms with E-state index in [1.807, 2.05) is 18.7 Å². The molecule has 5 heteroatoms. The van der Waals surface area contributed by atoms with Crippen LogP contribution in [0.15, 0.2) is 0 Å². The molecule has 3 unspecified atom stereocenters. The third kappa shape index (κ3) is 4.16. The summed E-state index contributed by atoms with van der Waals surface area (Å²) in [7, 11) is 1.39. The molecule has 0 spiro atoms. The minimum Gasteiger partial charge on any atom is -0.468 e. The zero-order chi connectivity index (χ0) is 12.9. The lowest BCUT2D eigenvalue weighted by Crippen LogP contribution is -2.52. The van der Waals surface area contributed by atoms with E-state index in [9.17, 15) is 4.79 Å². The summed E-state index contributed by atoms with van der Waals surface area (Å²) >= 11 is 1.81. The van der Waals surface area contributed by atoms with Crippen LogP contribution in [0.4, 0.5) is 0 Å². The maximum atomic E-state index is 11.6. The van der Waals surface area contributed by atoms with Crippen LogP contribution in [0.1, 0.15) is 32.6 Å². The van der Waals surface area contributed by atoms with E-state index in [2.05, 4.69) is 0 Å². The van der Waals surface area contributed by atoms with E-state index < -0.39 is 5.54 Å². The second-order valence-corrected chi connectivity index (χ2v) is 6.32. The fourth-order valence-electron chi connectivity index (χ4n) is 2.14. The van der Waals surface area contributed by atoms with Gasteiger partial charge in [-0.1, -0.05) is 6.92 Å². The first-order valence-corrected chi connectivity index (χ1v) is 7.16. The minimum absolute atomic E-state index is 0.213. The molecule has 3 atom stereocenters. The molecule has 17 heavy (non-hydrogen) atoms. The number of methoxy groups -OCH3 is 1. The van der Waals surface area contributed by atoms with Crippen molar-refractivity contribution in [2.24, 2.45) is 11.7 Å². The standard InChI is InChI=1S/C12H23NO3S/c1-9(7-14)8-17-10-4-3-5-12(13,6-10)11(15)16-2/h9-10,14H,3-8,13H2,1-2H3. The predicted octanol–water partition coefficient (Wildman–Crippen LogP) is 1.16. The number of carbonyl (C=O) groups is 1. The number of rotatable bonds is 5. The van der Waals surface area contributed by atoms with Gasteiger partial charge in [0, 0.05) is 11.9 Å². The highest BCUT2D eigenvalue weighted by Gasteiger charge is 2.40. The first kappa shape index (κ1) is 14.8. The van der Waals surface area contributed by atoms with Crippen molar-refractivity contribution in [3.05, 3.63) is 0 Å². The van der Waals surface area contributed by atoms with E-state index in [0.29, 0.717) is 24.0 Å². The molecule has 0 aromatic rings. The quantitative estimate of drug-likeness (QED) is 0.727. The van der Waals surface area contributed by atoms with E-state index >= 15 is 0 Å². The maximum Gasteiger partial charge on any atom is 0.325 e. The fourth-order valence-corrected chi connectivity index (χ4v) is 3.59. The number of aliphatic hydroxyl groups is 1. The van der Waals surface area contributed by atoms with Crippen molar-refractivity contribution in [1.29, 1.82) is 0 Å². The van der Waals surface area contributed by atoms with Crippen molar-refractivity contribution in [2.45, 2.75) is 43.4 Å². The number of thioether (sulfide) groups is 1. The average Bonchev–Trinajstić information content (AvgIpc) is 2.35. The zero-order valence-electron chi connectivity index (χ0n) is 10.6. The lowest BCUT2D eigenvalue weighted by molar-refractivity contribution is -0.148. The van der Waals surface area contributed by atoms with Gasteiger partial charge < -0.3 is 15.6 Å². The van der Waals surface area contributed by atoms with Crippen LogP contribution in [0.5, 0.6) is 0 Å². The Hall–Kier alpha value is -0.260. The second-order valence-electron chi connectivity index (χ2n) is 4.99. The van der Waals surface area contributed by atoms with Gasteiger partial charge >= 0.3 is 5.97 Å². The summed E-state index contributed by atoms with van der Waals surface area (Å²) in [6.07, 6.45) is 3.46. The molecule has 0 aromatic carbocycles. The smallest absolute Gasteiger partial charge is 0.325 e. The van der Waals surface area contributed by atoms with Crippen LogP contribution in [0, 0.1) is 5.92 Å². The summed E-state index contributed by atoms with van der Waals surface area (Å²) < 4.78 is 4.77. The molecule has 0 saturated heterocycles. The summed E-state index contributed by atoms with van der Waals surface area (Å²) in [5.41, 5.74) is 5.31. The average molecular weight is 261 g/mol. The van der Waals surface area contributed by atoms with E-state index in [4.69, 9.17) is 15.6 Å². The van der Waals surface area contributed by atoms with E-state index in [-0.39, 0.29) is 12.6 Å². The first-order chi connectivity index (χ1) is 8.01. The Labute approximate surface area is 107 Å². The molecule has 0 aliphatic heterocycles. The van der Waals surface area contributed by atoms with Crippen LogP contribution in [0.3, 0.4) is 0 Å². The number of nitrogens with two attached hydrogens (primary N) is 1. The van der Waals surface area contributed by atoms with Gasteiger partial charge in [0.2, 0.25) is 0 Å². The lowest BCUT2D eigenvalue weighted by atomic mass is 9.82. The minimum atomic E-state index is -0.798. The third-order valence-corrected chi connectivity index (χ3v) is 4.90. The molecule has 0 heterocycles. The highest BCUT2D eigenvalue weighted by atomic mass is 32.2. The van der Waals surface area contributed by atoms with Gasteiger partial charge in [-0.2, -0.15) is 11.8 Å². The van der Waals surface area contributed by atoms with Crippen LogP contribution in [-0.2, 0) is 9.53 Å². The first-order valence-electron chi connectivity index (χ1n) is 6.11. The number of hydrogen-bond donors (Lipinski definition) is 2. The van der Waals surface area contributed by atoms with Crippen LogP contribution in [0.2, 0.25) is 0 Å². The fraction of sp³-hybridized carbons (Fsp3) is 0.917. The van der Waals surface area contributed by atoms with Crippen molar-refractivity contribution in [2.75, 3.05) is 19.5 Å². The van der Waals surface area contributed by atoms with Crippen molar-refractivity contribution in [3.8, 4) is 0 Å². The summed E-state index contributed by atoms with van der Waals surface area (Å²) in [6, 6.07) is 0. The SMILES string of the molecule is COC(=O)C1(N)CCCC(SCC(C)CO)C1. The molecule has 4 nitrogen and oxygen atoms in total. The van der Waals surface area contributed by atoms with Crippen molar-refractivity contribution in [1.82, 2.24) is 0 Å². The van der Waals surface area contributed by atoms with Gasteiger partial charge in [-0.05, 0) is 37.4 Å². The maximum absolute atomic E-state index is 11.6. The number of hydrogen-bond acceptors (Lipinski definition) is 5. The van der Waals surface area contributed by atoms with Crippen molar-refractivity contribution < 1.29 is 14.6 Å². The van der Waals surface area contributed by atoms with E-state index in [1.165, 1.54) is 7.11 Å². The van der Waals surface area contributed by atoms with Gasteiger partial charge in [-0.3, -0.25) is 4.79 Å². The van der Waals surface area contributed by atoms with E-state index in [0.717, 1.165) is 18.6 Å². The van der Waals surface area contributed by atoms with Gasteiger partial charge in [-0.25, -0.2) is 0 Å². The van der Waals surface area contributed by atoms with Gasteiger partial charge in [-0.15, -0.1) is 0 Å². The molecular formula is C12H23NO3S. The highest BCUT2D eigenvalue weighted by molar-refractivity contribution is 7.99. The van der Waals surface area contributed by atoms with E-state index in [1.54, 1.807) is 0 Å². The Kier molecular flexibility index (Phi) is 5.76. The Morgan fingerprint density at radius 3 is 3.00 bits per heavy atom. The van der Waals surface area contributed by atoms with Crippen molar-refractivity contribution >= 4 is 17.7 Å². The Morgan fingerprint density at radius 2 is 2.41 bits per heavy atom. The molecule has 1 aliphatic carbocycles. The predicted molar refractivity (Wildman–Crippen MR) is 69.9 cm³/mol. The van der Waals surface area contributed by atoms with Crippen LogP contribution in [0.25, 0.3) is 0 Å². The number of esters is 1. The Morgan fingerprint density at radius 1 is 1.71 bits per heavy atom. The molecule has 0 amide bonds. The molecule has 1 aliphatic rings. The Balaban J connectivity index is 2.46. The summed E-state index contributed by atoms with van der Waals surface area (Å²) in [5.74, 6) is 0.920. The lowest BCUT2D eigenvalue weighted by Gasteiger charge is -2.35. The molecule has 1 rings (SSSR count). The second kappa shape index (κ2) is 6.61. The largest absolute Gasteiger partial charge is 0.468 e. The molecule has 3 N–H and O–H groups in total. The molecule has 100 valence electrons. The summed E-state index contributed by atoms with van der Waals surface area (Å²) in [6.45, 7) is 2.23. The monoisotopic (exact) mass is 261 g/mol. The van der Waals surface area contributed by atoms with Crippen molar-refractivity contribution in [3.63, 3.8) is 0 Å². The third-order valence-electron chi connectivity index (χ3n) is 3.26. The zero-order valence-corrected chi connectivity index (χ0v) is 11.5.